The molecule has 1 aromatic heterocycles. The Morgan fingerprint density at radius 1 is 0.775 bits per heavy atom. The first-order chi connectivity index (χ1) is 19.1. The molecule has 0 aliphatic heterocycles. The normalized spacial score (nSPS) is 13.0. The number of fused-ring (bicyclic) bond motifs is 1. The van der Waals surface area contributed by atoms with Gasteiger partial charge in [0, 0.05) is 16.5 Å². The second-order valence-electron chi connectivity index (χ2n) is 10.9. The number of H-pyrrole nitrogens is 1. The number of methoxy groups -OCH3 is 1. The van der Waals surface area contributed by atoms with E-state index in [0.717, 1.165) is 5.52 Å². The van der Waals surface area contributed by atoms with E-state index in [4.69, 9.17) is 4.74 Å². The van der Waals surface area contributed by atoms with Crippen molar-refractivity contribution in [3.05, 3.63) is 138 Å². The highest BCUT2D eigenvalue weighted by molar-refractivity contribution is 8.00. The number of rotatable bonds is 7. The number of aliphatic hydroxyl groups is 1. The van der Waals surface area contributed by atoms with Crippen LogP contribution in [0.3, 0.4) is 0 Å². The minimum atomic E-state index is -4.05. The molecule has 4 aromatic carbocycles. The molecule has 204 valence electrons. The van der Waals surface area contributed by atoms with Gasteiger partial charge >= 0.3 is 0 Å². The molecule has 0 amide bonds. The largest absolute Gasteiger partial charge is 0.497 e. The summed E-state index contributed by atoms with van der Waals surface area (Å²) in [5.41, 5.74) is 0.612. The summed E-state index contributed by atoms with van der Waals surface area (Å²) in [4.78, 5) is 3.70. The number of aromatic amines is 1. The molecular weight excluding hydrogens is 518 g/mol. The first kappa shape index (κ1) is 27.4. The molecule has 0 saturated carbocycles. The number of para-hydroxylation sites is 1. The SMILES string of the molecule is COc1ccc(S(=O)(=O)/C(=C/C(C)(C)C)c2c(C(O)(c3ccccc3)c3ccccc3)[nH]c3ccccc23)cc1. The van der Waals surface area contributed by atoms with E-state index in [9.17, 15) is 13.5 Å². The molecule has 5 aromatic rings. The summed E-state index contributed by atoms with van der Waals surface area (Å²) in [5, 5.41) is 13.5. The lowest BCUT2D eigenvalue weighted by Crippen LogP contribution is -2.31. The zero-order valence-electron chi connectivity index (χ0n) is 23.0. The number of nitrogens with one attached hydrogen (secondary N) is 1. The van der Waals surface area contributed by atoms with Crippen molar-refractivity contribution in [3.63, 3.8) is 0 Å². The minimum Gasteiger partial charge on any atom is -0.497 e. The number of sulfone groups is 1. The van der Waals surface area contributed by atoms with Crippen molar-refractivity contribution in [3.8, 4) is 5.75 Å². The number of allylic oxidation sites excluding steroid dienone is 1. The van der Waals surface area contributed by atoms with E-state index in [0.29, 0.717) is 33.5 Å². The first-order valence-electron chi connectivity index (χ1n) is 13.1. The minimum absolute atomic E-state index is 0.128. The number of hydrogen-bond donors (Lipinski definition) is 2. The van der Waals surface area contributed by atoms with Crippen LogP contribution in [0.15, 0.2) is 120 Å². The molecule has 0 fully saturated rings. The van der Waals surface area contributed by atoms with Gasteiger partial charge in [0.05, 0.1) is 22.6 Å². The molecule has 0 aliphatic carbocycles. The summed E-state index contributed by atoms with van der Waals surface area (Å²) in [6.07, 6.45) is 1.78. The zero-order valence-corrected chi connectivity index (χ0v) is 23.9. The van der Waals surface area contributed by atoms with Crippen molar-refractivity contribution in [2.75, 3.05) is 7.11 Å². The lowest BCUT2D eigenvalue weighted by Gasteiger charge is -2.31. The summed E-state index contributed by atoms with van der Waals surface area (Å²) in [6, 6.07) is 32.6. The average molecular weight is 552 g/mol. The van der Waals surface area contributed by atoms with Crippen LogP contribution in [0.1, 0.15) is 43.2 Å². The zero-order chi connectivity index (χ0) is 28.5. The van der Waals surface area contributed by atoms with E-state index in [1.807, 2.05) is 106 Å². The topological polar surface area (TPSA) is 79.4 Å². The Kier molecular flexibility index (Phi) is 7.17. The van der Waals surface area contributed by atoms with Gasteiger partial charge in [-0.1, -0.05) is 106 Å². The van der Waals surface area contributed by atoms with Crippen LogP contribution < -0.4 is 4.74 Å². The van der Waals surface area contributed by atoms with Crippen molar-refractivity contribution >= 4 is 25.6 Å². The van der Waals surface area contributed by atoms with Crippen LogP contribution in [0.25, 0.3) is 15.8 Å². The molecule has 0 spiro atoms. The molecule has 0 radical (unpaired) electrons. The standard InChI is InChI=1S/C34H33NO4S/c1-33(2,3)23-30(40(37,38)27-21-19-26(39-4)20-22-27)31-28-17-11-12-18-29(28)35-32(31)34(36,24-13-7-5-8-14-24)25-15-9-6-10-16-25/h5-23,35-36H,1-4H3/b30-23+. The van der Waals surface area contributed by atoms with E-state index in [2.05, 4.69) is 4.98 Å². The summed E-state index contributed by atoms with van der Waals surface area (Å²) >= 11 is 0. The van der Waals surface area contributed by atoms with Crippen molar-refractivity contribution in [1.29, 1.82) is 0 Å². The Bertz CT molecular complexity index is 1720. The van der Waals surface area contributed by atoms with E-state index >= 15 is 0 Å². The maximum absolute atomic E-state index is 14.5. The van der Waals surface area contributed by atoms with Gasteiger partial charge in [0.25, 0.3) is 0 Å². The number of aromatic nitrogens is 1. The van der Waals surface area contributed by atoms with E-state index in [1.165, 1.54) is 0 Å². The predicted octanol–water partition coefficient (Wildman–Crippen LogP) is 7.32. The highest BCUT2D eigenvalue weighted by atomic mass is 32.2. The second-order valence-corrected chi connectivity index (χ2v) is 12.8. The molecule has 2 N–H and O–H groups in total. The molecule has 0 aliphatic rings. The van der Waals surface area contributed by atoms with Gasteiger partial charge in [-0.2, -0.15) is 0 Å². The summed E-state index contributed by atoms with van der Waals surface area (Å²) in [6.45, 7) is 5.89. The van der Waals surface area contributed by atoms with Crippen LogP contribution >= 0.6 is 0 Å². The number of ether oxygens (including phenoxy) is 1. The Labute approximate surface area is 235 Å². The van der Waals surface area contributed by atoms with Crippen LogP contribution in [-0.4, -0.2) is 25.6 Å². The van der Waals surface area contributed by atoms with Gasteiger partial charge < -0.3 is 14.8 Å². The van der Waals surface area contributed by atoms with E-state index < -0.39 is 20.9 Å². The Morgan fingerprint density at radius 3 is 1.82 bits per heavy atom. The van der Waals surface area contributed by atoms with Gasteiger partial charge in [0.15, 0.2) is 5.60 Å². The highest BCUT2D eigenvalue weighted by Gasteiger charge is 2.41. The maximum Gasteiger partial charge on any atom is 0.206 e. The third-order valence-corrected chi connectivity index (χ3v) is 8.71. The Balaban J connectivity index is 1.90. The molecule has 5 rings (SSSR count). The van der Waals surface area contributed by atoms with Gasteiger partial charge in [0.2, 0.25) is 9.84 Å². The van der Waals surface area contributed by atoms with Gasteiger partial charge in [0.1, 0.15) is 5.75 Å². The van der Waals surface area contributed by atoms with E-state index in [1.54, 1.807) is 37.5 Å². The quantitative estimate of drug-likeness (QED) is 0.222. The molecular formula is C34H33NO4S. The van der Waals surface area contributed by atoms with Crippen molar-refractivity contribution < 1.29 is 18.3 Å². The van der Waals surface area contributed by atoms with Crippen molar-refractivity contribution in [2.45, 2.75) is 31.3 Å². The summed E-state index contributed by atoms with van der Waals surface area (Å²) in [5.74, 6) is 0.565. The van der Waals surface area contributed by atoms with E-state index in [-0.39, 0.29) is 9.80 Å². The smallest absolute Gasteiger partial charge is 0.206 e. The fourth-order valence-electron chi connectivity index (χ4n) is 5.04. The Morgan fingerprint density at radius 2 is 1.30 bits per heavy atom. The first-order valence-corrected chi connectivity index (χ1v) is 14.6. The number of hydrogen-bond acceptors (Lipinski definition) is 4. The molecule has 0 atom stereocenters. The van der Waals surface area contributed by atoms with Crippen molar-refractivity contribution in [1.82, 2.24) is 4.98 Å². The molecule has 0 bridgehead atoms. The lowest BCUT2D eigenvalue weighted by molar-refractivity contribution is 0.121. The molecule has 0 unspecified atom stereocenters. The number of benzene rings is 4. The fraction of sp³-hybridized carbons (Fsp3) is 0.176. The molecule has 0 saturated heterocycles. The average Bonchev–Trinajstić information content (AvgIpc) is 3.35. The van der Waals surface area contributed by atoms with Gasteiger partial charge in [-0.15, -0.1) is 0 Å². The molecule has 1 heterocycles. The van der Waals surface area contributed by atoms with Crippen LogP contribution in [0.4, 0.5) is 0 Å². The Hall–Kier alpha value is -4.13. The third kappa shape index (κ3) is 4.96. The monoisotopic (exact) mass is 551 g/mol. The van der Waals surface area contributed by atoms with Crippen molar-refractivity contribution in [2.24, 2.45) is 5.41 Å². The summed E-state index contributed by atoms with van der Waals surface area (Å²) in [7, 11) is -2.50. The van der Waals surface area contributed by atoms with Gasteiger partial charge in [-0.05, 0) is 46.9 Å². The second kappa shape index (κ2) is 10.5. The predicted molar refractivity (Wildman–Crippen MR) is 161 cm³/mol. The fourth-order valence-corrected chi connectivity index (χ4v) is 6.78. The van der Waals surface area contributed by atoms with Crippen LogP contribution in [0, 0.1) is 5.41 Å². The van der Waals surface area contributed by atoms with Crippen LogP contribution in [0.5, 0.6) is 5.75 Å². The maximum atomic E-state index is 14.5. The summed E-state index contributed by atoms with van der Waals surface area (Å²) < 4.78 is 34.3. The van der Waals surface area contributed by atoms with Gasteiger partial charge in [-0.3, -0.25) is 0 Å². The van der Waals surface area contributed by atoms with Crippen LogP contribution in [0.2, 0.25) is 0 Å². The highest BCUT2D eigenvalue weighted by Crippen LogP contribution is 2.46. The lowest BCUT2D eigenvalue weighted by atomic mass is 9.81. The van der Waals surface area contributed by atoms with Crippen LogP contribution in [-0.2, 0) is 15.4 Å². The van der Waals surface area contributed by atoms with Gasteiger partial charge in [-0.25, -0.2) is 8.42 Å². The molecule has 5 nitrogen and oxygen atoms in total. The molecule has 40 heavy (non-hydrogen) atoms. The molecule has 6 heteroatoms. The third-order valence-electron chi connectivity index (χ3n) is 6.92.